The van der Waals surface area contributed by atoms with Crippen molar-refractivity contribution >= 4 is 18.5 Å². The third-order valence-corrected chi connectivity index (χ3v) is 3.76. The molecule has 4 nitrogen and oxygen atoms in total. The van der Waals surface area contributed by atoms with Gasteiger partial charge in [0.15, 0.2) is 0 Å². The summed E-state index contributed by atoms with van der Waals surface area (Å²) in [5.74, 6) is 0.0982. The van der Waals surface area contributed by atoms with Crippen LogP contribution >= 0.6 is 12.4 Å². The van der Waals surface area contributed by atoms with Crippen LogP contribution in [0.5, 0.6) is 0 Å². The predicted molar refractivity (Wildman–Crippen MR) is 89.4 cm³/mol. The van der Waals surface area contributed by atoms with Crippen LogP contribution in [-0.4, -0.2) is 25.8 Å². The summed E-state index contributed by atoms with van der Waals surface area (Å²) in [4.78, 5) is 11.6. The average Bonchev–Trinajstić information content (AvgIpc) is 2.85. The van der Waals surface area contributed by atoms with Crippen molar-refractivity contribution in [3.05, 3.63) is 59.7 Å². The summed E-state index contributed by atoms with van der Waals surface area (Å²) >= 11 is 0. The van der Waals surface area contributed by atoms with Gasteiger partial charge < -0.3 is 15.8 Å². The Morgan fingerprint density at radius 2 is 1.59 bits per heavy atom. The van der Waals surface area contributed by atoms with Crippen molar-refractivity contribution in [3.63, 3.8) is 0 Å². The summed E-state index contributed by atoms with van der Waals surface area (Å²) in [7, 11) is 0. The van der Waals surface area contributed by atoms with E-state index in [2.05, 4.69) is 29.6 Å². The van der Waals surface area contributed by atoms with Gasteiger partial charge in [0.1, 0.15) is 6.61 Å². The quantitative estimate of drug-likeness (QED) is 0.911. The number of rotatable bonds is 4. The van der Waals surface area contributed by atoms with E-state index in [9.17, 15) is 4.79 Å². The number of nitrogens with one attached hydrogen (secondary N) is 1. The number of hydrogen-bond donors (Lipinski definition) is 2. The Hall–Kier alpha value is -2.04. The molecule has 3 N–H and O–H groups in total. The number of fused-ring (bicyclic) bond motifs is 3. The molecule has 0 radical (unpaired) electrons. The number of ether oxygens (including phenoxy) is 1. The van der Waals surface area contributed by atoms with E-state index in [1.165, 1.54) is 22.3 Å². The number of hydrogen-bond acceptors (Lipinski definition) is 3. The van der Waals surface area contributed by atoms with Crippen LogP contribution in [0.25, 0.3) is 11.1 Å². The van der Waals surface area contributed by atoms with Gasteiger partial charge in [0.25, 0.3) is 0 Å². The summed E-state index contributed by atoms with van der Waals surface area (Å²) in [6.07, 6.45) is -0.415. The van der Waals surface area contributed by atoms with E-state index in [0.29, 0.717) is 19.7 Å². The molecule has 0 heterocycles. The van der Waals surface area contributed by atoms with Crippen LogP contribution in [0.3, 0.4) is 0 Å². The van der Waals surface area contributed by atoms with Gasteiger partial charge in [-0.2, -0.15) is 0 Å². The highest BCUT2D eigenvalue weighted by atomic mass is 35.5. The van der Waals surface area contributed by atoms with Crippen molar-refractivity contribution < 1.29 is 9.53 Å². The van der Waals surface area contributed by atoms with Crippen LogP contribution in [0.1, 0.15) is 17.0 Å². The van der Waals surface area contributed by atoms with Gasteiger partial charge in [0.05, 0.1) is 0 Å². The minimum atomic E-state index is -0.415. The number of alkyl carbamates (subject to hydrolysis) is 1. The van der Waals surface area contributed by atoms with Gasteiger partial charge in [-0.3, -0.25) is 0 Å². The topological polar surface area (TPSA) is 64.3 Å². The molecular weight excluding hydrogens is 300 g/mol. The molecule has 0 saturated carbocycles. The van der Waals surface area contributed by atoms with Crippen molar-refractivity contribution in [1.82, 2.24) is 5.32 Å². The van der Waals surface area contributed by atoms with E-state index in [4.69, 9.17) is 10.5 Å². The van der Waals surface area contributed by atoms with Gasteiger partial charge >= 0.3 is 6.09 Å². The molecule has 1 aliphatic carbocycles. The van der Waals surface area contributed by atoms with Gasteiger partial charge in [0.2, 0.25) is 0 Å². The molecule has 3 rings (SSSR count). The second-order valence-electron chi connectivity index (χ2n) is 5.04. The highest BCUT2D eigenvalue weighted by Crippen LogP contribution is 2.44. The molecule has 0 aliphatic heterocycles. The monoisotopic (exact) mass is 318 g/mol. The van der Waals surface area contributed by atoms with E-state index >= 15 is 0 Å². The first kappa shape index (κ1) is 16.3. The average molecular weight is 319 g/mol. The van der Waals surface area contributed by atoms with Crippen LogP contribution in [0.15, 0.2) is 48.5 Å². The summed E-state index contributed by atoms with van der Waals surface area (Å²) < 4.78 is 5.34. The van der Waals surface area contributed by atoms with Crippen molar-refractivity contribution in [1.29, 1.82) is 0 Å². The first-order chi connectivity index (χ1) is 10.3. The first-order valence-corrected chi connectivity index (χ1v) is 7.10. The van der Waals surface area contributed by atoms with E-state index in [1.807, 2.05) is 24.3 Å². The zero-order chi connectivity index (χ0) is 14.7. The molecule has 0 fully saturated rings. The van der Waals surface area contributed by atoms with Crippen LogP contribution in [0, 0.1) is 0 Å². The molecule has 22 heavy (non-hydrogen) atoms. The Kier molecular flexibility index (Phi) is 5.41. The van der Waals surface area contributed by atoms with E-state index in [0.717, 1.165) is 0 Å². The molecule has 5 heteroatoms. The number of nitrogens with two attached hydrogens (primary N) is 1. The maximum absolute atomic E-state index is 11.6. The lowest BCUT2D eigenvalue weighted by atomic mass is 9.98. The van der Waals surface area contributed by atoms with Gasteiger partial charge in [-0.25, -0.2) is 4.79 Å². The van der Waals surface area contributed by atoms with Crippen LogP contribution in [0.2, 0.25) is 0 Å². The lowest BCUT2D eigenvalue weighted by molar-refractivity contribution is 0.143. The first-order valence-electron chi connectivity index (χ1n) is 7.10. The lowest BCUT2D eigenvalue weighted by Gasteiger charge is -2.14. The minimum Gasteiger partial charge on any atom is -0.449 e. The highest BCUT2D eigenvalue weighted by Gasteiger charge is 2.28. The fourth-order valence-electron chi connectivity index (χ4n) is 2.82. The van der Waals surface area contributed by atoms with Crippen molar-refractivity contribution in [3.8, 4) is 11.1 Å². The molecule has 0 spiro atoms. The maximum Gasteiger partial charge on any atom is 0.407 e. The van der Waals surface area contributed by atoms with Crippen LogP contribution in [-0.2, 0) is 4.74 Å². The van der Waals surface area contributed by atoms with E-state index in [-0.39, 0.29) is 18.3 Å². The summed E-state index contributed by atoms with van der Waals surface area (Å²) in [6.45, 7) is 1.17. The SMILES string of the molecule is Cl.NCCNC(=O)OCC1c2ccccc2-c2ccccc21. The normalized spacial score (nSPS) is 12.0. The summed E-state index contributed by atoms with van der Waals surface area (Å²) in [6, 6.07) is 16.5. The summed E-state index contributed by atoms with van der Waals surface area (Å²) in [5, 5.41) is 2.62. The Labute approximate surface area is 136 Å². The Morgan fingerprint density at radius 3 is 2.14 bits per heavy atom. The second-order valence-corrected chi connectivity index (χ2v) is 5.04. The molecular formula is C17H19ClN2O2. The molecule has 0 atom stereocenters. The molecule has 116 valence electrons. The van der Waals surface area contributed by atoms with Gasteiger partial charge in [-0.1, -0.05) is 48.5 Å². The number of halogens is 1. The molecule has 2 aromatic rings. The summed E-state index contributed by atoms with van der Waals surface area (Å²) in [5.41, 5.74) is 10.2. The van der Waals surface area contributed by atoms with Gasteiger partial charge in [-0.05, 0) is 22.3 Å². The van der Waals surface area contributed by atoms with Crippen LogP contribution in [0.4, 0.5) is 4.79 Å². The molecule has 1 aliphatic rings. The van der Waals surface area contributed by atoms with Crippen molar-refractivity contribution in [2.24, 2.45) is 5.73 Å². The van der Waals surface area contributed by atoms with Crippen molar-refractivity contribution in [2.75, 3.05) is 19.7 Å². The maximum atomic E-state index is 11.6. The highest BCUT2D eigenvalue weighted by molar-refractivity contribution is 5.85. The third kappa shape index (κ3) is 3.08. The molecule has 0 bridgehead atoms. The fraction of sp³-hybridized carbons (Fsp3) is 0.235. The lowest BCUT2D eigenvalue weighted by Crippen LogP contribution is -2.30. The van der Waals surface area contributed by atoms with E-state index in [1.54, 1.807) is 0 Å². The number of carbonyl (C=O) groups is 1. The van der Waals surface area contributed by atoms with Gasteiger partial charge in [0, 0.05) is 19.0 Å². The minimum absolute atomic E-state index is 0. The fourth-order valence-corrected chi connectivity index (χ4v) is 2.82. The van der Waals surface area contributed by atoms with Crippen molar-refractivity contribution in [2.45, 2.75) is 5.92 Å². The smallest absolute Gasteiger partial charge is 0.407 e. The molecule has 0 saturated heterocycles. The Balaban J connectivity index is 0.00000176. The largest absolute Gasteiger partial charge is 0.449 e. The number of amides is 1. The zero-order valence-corrected chi connectivity index (χ0v) is 12.9. The standard InChI is InChI=1S/C17H18N2O2.ClH/c18-9-10-19-17(20)21-11-16-14-7-3-1-5-12(14)13-6-2-4-8-15(13)16;/h1-8,16H,9-11,18H2,(H,19,20);1H. The second kappa shape index (κ2) is 7.29. The molecule has 2 aromatic carbocycles. The molecule has 1 amide bonds. The van der Waals surface area contributed by atoms with Crippen LogP contribution < -0.4 is 11.1 Å². The number of carbonyl (C=O) groups excluding carboxylic acids is 1. The Bertz CT molecular complexity index is 615. The predicted octanol–water partition coefficient (Wildman–Crippen LogP) is 2.91. The zero-order valence-electron chi connectivity index (χ0n) is 12.1. The van der Waals surface area contributed by atoms with Gasteiger partial charge in [-0.15, -0.1) is 12.4 Å². The van der Waals surface area contributed by atoms with E-state index < -0.39 is 6.09 Å². The molecule has 0 aromatic heterocycles. The number of benzene rings is 2. The Morgan fingerprint density at radius 1 is 1.05 bits per heavy atom. The third-order valence-electron chi connectivity index (χ3n) is 3.76. The molecule has 0 unspecified atom stereocenters.